The van der Waals surface area contributed by atoms with Gasteiger partial charge >= 0.3 is 0 Å². The van der Waals surface area contributed by atoms with Gasteiger partial charge in [-0.15, -0.1) is 0 Å². The van der Waals surface area contributed by atoms with Crippen LogP contribution < -0.4 is 22.1 Å². The third-order valence-electron chi connectivity index (χ3n) is 3.91. The van der Waals surface area contributed by atoms with Crippen LogP contribution >= 0.6 is 23.2 Å². The first-order valence-corrected chi connectivity index (χ1v) is 8.16. The van der Waals surface area contributed by atoms with Crippen molar-refractivity contribution in [3.8, 4) is 12.3 Å². The lowest BCUT2D eigenvalue weighted by Crippen LogP contribution is -2.32. The number of nitro groups is 1. The van der Waals surface area contributed by atoms with Crippen molar-refractivity contribution in [1.29, 1.82) is 10.5 Å². The number of halogens is 2. The highest BCUT2D eigenvalue weighted by Gasteiger charge is 2.32. The first kappa shape index (κ1) is 19.0. The van der Waals surface area contributed by atoms with Crippen LogP contribution in [0.4, 0.5) is 23.0 Å². The average Bonchev–Trinajstić information content (AvgIpc) is 2.61. The Hall–Kier alpha value is -3.80. The van der Waals surface area contributed by atoms with E-state index in [4.69, 9.17) is 39.9 Å². The average molecular weight is 418 g/mol. The normalized spacial score (nSPS) is 14.7. The fourth-order valence-electron chi connectivity index (χ4n) is 2.71. The summed E-state index contributed by atoms with van der Waals surface area (Å²) >= 11 is 12.1. The van der Waals surface area contributed by atoms with Crippen molar-refractivity contribution >= 4 is 52.2 Å². The number of hydrogen-bond donors (Lipinski definition) is 4. The zero-order valence-electron chi connectivity index (χ0n) is 13.7. The number of nitrogens with one attached hydrogen (secondary N) is 2. The molecule has 1 aromatic carbocycles. The number of nitriles is 2. The Bertz CT molecular complexity index is 1130. The maximum absolute atomic E-state index is 11.3. The summed E-state index contributed by atoms with van der Waals surface area (Å²) in [6.07, 6.45) is 1.70. The van der Waals surface area contributed by atoms with Crippen molar-refractivity contribution < 1.29 is 4.92 Å². The number of anilines is 3. The van der Waals surface area contributed by atoms with Crippen LogP contribution in [0.15, 0.2) is 17.1 Å². The third kappa shape index (κ3) is 3.05. The fourth-order valence-corrected chi connectivity index (χ4v) is 3.26. The van der Waals surface area contributed by atoms with Crippen LogP contribution in [0.2, 0.25) is 10.0 Å². The van der Waals surface area contributed by atoms with Crippen molar-refractivity contribution in [1.82, 2.24) is 10.3 Å². The van der Waals surface area contributed by atoms with Gasteiger partial charge in [-0.3, -0.25) is 15.4 Å². The number of nitro benzene ring substituents is 1. The summed E-state index contributed by atoms with van der Waals surface area (Å²) in [5, 5.41) is 34.4. The molecule has 0 aliphatic carbocycles. The van der Waals surface area contributed by atoms with Gasteiger partial charge in [0, 0.05) is 22.2 Å². The van der Waals surface area contributed by atoms with E-state index in [1.807, 2.05) is 6.07 Å². The molecule has 140 valence electrons. The molecule has 0 saturated carbocycles. The minimum atomic E-state index is -1.02. The summed E-state index contributed by atoms with van der Waals surface area (Å²) in [6, 6.07) is 3.20. The number of aliphatic imine (C=N–C) groups is 1. The molecule has 0 fully saturated rings. The Kier molecular flexibility index (Phi) is 4.79. The number of aromatic nitrogens is 1. The minimum Gasteiger partial charge on any atom is -0.397 e. The lowest BCUT2D eigenvalue weighted by Gasteiger charge is -2.26. The van der Waals surface area contributed by atoms with Crippen molar-refractivity contribution in [2.24, 2.45) is 4.99 Å². The summed E-state index contributed by atoms with van der Waals surface area (Å²) in [5.74, 6) is -0.0125. The summed E-state index contributed by atoms with van der Waals surface area (Å²) in [7, 11) is 0. The summed E-state index contributed by atoms with van der Waals surface area (Å²) in [6.45, 7) is 0. The second kappa shape index (κ2) is 7.08. The molecule has 6 N–H and O–H groups in total. The smallest absolute Gasteiger partial charge is 0.288 e. The van der Waals surface area contributed by atoms with Crippen molar-refractivity contribution in [3.63, 3.8) is 0 Å². The van der Waals surface area contributed by atoms with Gasteiger partial charge in [0.25, 0.3) is 5.69 Å². The number of rotatable bonds is 2. The van der Waals surface area contributed by atoms with E-state index >= 15 is 0 Å². The standard InChI is InChI=1S/C15H9Cl2N9O2/c16-7-2-8(17)9(26(27)28)1-5(7)12-10-11(20)6(3-18)13(21)24-14(10)25-15(23-12)22-4-19/h1-2,12H,(H6,20,21,22,23,24,25). The monoisotopic (exact) mass is 417 g/mol. The number of nitrogens with two attached hydrogens (primary N) is 2. The molecule has 0 bridgehead atoms. The first-order valence-electron chi connectivity index (χ1n) is 7.40. The molecule has 0 spiro atoms. The van der Waals surface area contributed by atoms with E-state index < -0.39 is 16.7 Å². The number of benzene rings is 1. The van der Waals surface area contributed by atoms with Crippen LogP contribution in [0.3, 0.4) is 0 Å². The number of pyridine rings is 1. The molecule has 0 amide bonds. The van der Waals surface area contributed by atoms with Crippen molar-refractivity contribution in [2.75, 3.05) is 16.8 Å². The zero-order chi connectivity index (χ0) is 20.6. The van der Waals surface area contributed by atoms with Gasteiger partial charge in [-0.25, -0.2) is 9.98 Å². The first-order chi connectivity index (χ1) is 13.3. The van der Waals surface area contributed by atoms with Crippen LogP contribution in [-0.4, -0.2) is 15.9 Å². The van der Waals surface area contributed by atoms with E-state index in [2.05, 4.69) is 20.6 Å². The van der Waals surface area contributed by atoms with Gasteiger partial charge in [0.1, 0.15) is 34.3 Å². The van der Waals surface area contributed by atoms with E-state index in [0.29, 0.717) is 0 Å². The molecule has 0 saturated heterocycles. The van der Waals surface area contributed by atoms with Gasteiger partial charge in [0.05, 0.1) is 10.6 Å². The summed E-state index contributed by atoms with van der Waals surface area (Å²) in [4.78, 5) is 19.0. The second-order valence-corrected chi connectivity index (χ2v) is 6.30. The van der Waals surface area contributed by atoms with Crippen LogP contribution in [0.5, 0.6) is 0 Å². The molecule has 28 heavy (non-hydrogen) atoms. The van der Waals surface area contributed by atoms with E-state index in [1.165, 1.54) is 6.07 Å². The molecule has 2 aromatic rings. The van der Waals surface area contributed by atoms with Gasteiger partial charge in [0.15, 0.2) is 6.19 Å². The van der Waals surface area contributed by atoms with Gasteiger partial charge in [-0.1, -0.05) is 23.2 Å². The molecule has 1 unspecified atom stereocenters. The Morgan fingerprint density at radius 2 is 2.00 bits per heavy atom. The van der Waals surface area contributed by atoms with E-state index in [-0.39, 0.29) is 50.0 Å². The summed E-state index contributed by atoms with van der Waals surface area (Å²) < 4.78 is 0. The van der Waals surface area contributed by atoms with Crippen molar-refractivity contribution in [2.45, 2.75) is 6.04 Å². The zero-order valence-corrected chi connectivity index (χ0v) is 15.2. The molecule has 1 aromatic heterocycles. The summed E-state index contributed by atoms with van der Waals surface area (Å²) in [5.41, 5.74) is 11.8. The largest absolute Gasteiger partial charge is 0.397 e. The Morgan fingerprint density at radius 3 is 2.61 bits per heavy atom. The molecular weight excluding hydrogens is 409 g/mol. The Labute approximate surface area is 167 Å². The lowest BCUT2D eigenvalue weighted by molar-refractivity contribution is -0.384. The van der Waals surface area contributed by atoms with Crippen LogP contribution in [0.25, 0.3) is 0 Å². The maximum Gasteiger partial charge on any atom is 0.288 e. The van der Waals surface area contributed by atoms with Crippen molar-refractivity contribution in [3.05, 3.63) is 49.0 Å². The third-order valence-corrected chi connectivity index (χ3v) is 4.55. The van der Waals surface area contributed by atoms with Crippen LogP contribution in [0.1, 0.15) is 22.7 Å². The second-order valence-electron chi connectivity index (χ2n) is 5.48. The predicted octanol–water partition coefficient (Wildman–Crippen LogP) is 2.27. The quantitative estimate of drug-likeness (QED) is 0.245. The van der Waals surface area contributed by atoms with E-state index in [1.54, 1.807) is 6.19 Å². The molecule has 1 aliphatic heterocycles. The van der Waals surface area contributed by atoms with E-state index in [9.17, 15) is 15.4 Å². The molecular formula is C15H9Cl2N9O2. The fraction of sp³-hybridized carbons (Fsp3) is 0.0667. The molecule has 2 heterocycles. The Morgan fingerprint density at radius 1 is 1.29 bits per heavy atom. The SMILES string of the molecule is N#CNC1=NC(c2cc([N+](=O)[O-])c(Cl)cc2Cl)c2c(nc(N)c(C#N)c2N)N1. The molecule has 0 radical (unpaired) electrons. The van der Waals surface area contributed by atoms with Crippen LogP contribution in [-0.2, 0) is 0 Å². The highest BCUT2D eigenvalue weighted by Crippen LogP contribution is 2.44. The molecule has 3 rings (SSSR count). The number of nitrogens with zero attached hydrogens (tertiary/aromatic N) is 5. The Balaban J connectivity index is 2.33. The maximum atomic E-state index is 11.3. The topological polar surface area (TPSA) is 192 Å². The van der Waals surface area contributed by atoms with Gasteiger partial charge in [-0.05, 0) is 6.07 Å². The molecule has 13 heteroatoms. The number of guanidine groups is 1. The molecule has 11 nitrogen and oxygen atoms in total. The lowest BCUT2D eigenvalue weighted by atomic mass is 9.94. The highest BCUT2D eigenvalue weighted by molar-refractivity contribution is 6.36. The highest BCUT2D eigenvalue weighted by atomic mass is 35.5. The number of nitrogen functional groups attached to an aromatic ring is 2. The minimum absolute atomic E-state index is 0.00956. The number of hydrogen-bond acceptors (Lipinski definition) is 10. The van der Waals surface area contributed by atoms with Crippen LogP contribution in [0, 0.1) is 32.9 Å². The number of fused-ring (bicyclic) bond motifs is 1. The van der Waals surface area contributed by atoms with Gasteiger partial charge in [-0.2, -0.15) is 10.5 Å². The predicted molar refractivity (Wildman–Crippen MR) is 103 cm³/mol. The van der Waals surface area contributed by atoms with E-state index in [0.717, 1.165) is 6.07 Å². The molecule has 1 atom stereocenters. The van der Waals surface area contributed by atoms with Gasteiger partial charge < -0.3 is 16.8 Å². The van der Waals surface area contributed by atoms with Gasteiger partial charge in [0.2, 0.25) is 5.96 Å². The molecule has 1 aliphatic rings.